The molecule has 0 aromatic carbocycles. The number of likely N-dealkylation sites (tertiary alicyclic amines) is 1. The summed E-state index contributed by atoms with van der Waals surface area (Å²) in [7, 11) is 0. The summed E-state index contributed by atoms with van der Waals surface area (Å²) in [5.74, 6) is -0.887. The van der Waals surface area contributed by atoms with Crippen LogP contribution in [0.4, 0.5) is 0 Å². The maximum absolute atomic E-state index is 12.4. The molecule has 2 unspecified atom stereocenters. The number of hydrogen-bond acceptors (Lipinski definition) is 4. The number of piperidine rings is 1. The SMILES string of the molecule is CC1CC(C(=O)O)CCN1C(=O)CN1CCCNCC1. The second kappa shape index (κ2) is 7.04. The highest BCUT2D eigenvalue weighted by Crippen LogP contribution is 2.23. The van der Waals surface area contributed by atoms with Crippen molar-refractivity contribution in [1.82, 2.24) is 15.1 Å². The highest BCUT2D eigenvalue weighted by atomic mass is 16.4. The molecule has 0 saturated carbocycles. The van der Waals surface area contributed by atoms with E-state index in [1.54, 1.807) is 0 Å². The zero-order chi connectivity index (χ0) is 14.5. The molecular formula is C14H25N3O3. The molecule has 20 heavy (non-hydrogen) atoms. The number of aliphatic carboxylic acids is 1. The van der Waals surface area contributed by atoms with Crippen LogP contribution in [0, 0.1) is 5.92 Å². The summed E-state index contributed by atoms with van der Waals surface area (Å²) in [6.45, 7) is 6.81. The first kappa shape index (κ1) is 15.3. The van der Waals surface area contributed by atoms with Crippen molar-refractivity contribution in [3.63, 3.8) is 0 Å². The Hall–Kier alpha value is -1.14. The van der Waals surface area contributed by atoms with Crippen molar-refractivity contribution in [1.29, 1.82) is 0 Å². The zero-order valence-corrected chi connectivity index (χ0v) is 12.2. The largest absolute Gasteiger partial charge is 0.481 e. The van der Waals surface area contributed by atoms with Gasteiger partial charge >= 0.3 is 5.97 Å². The van der Waals surface area contributed by atoms with Gasteiger partial charge < -0.3 is 15.3 Å². The Labute approximate surface area is 120 Å². The van der Waals surface area contributed by atoms with Crippen molar-refractivity contribution in [2.45, 2.75) is 32.2 Å². The molecule has 2 fully saturated rings. The Kier molecular flexibility index (Phi) is 5.37. The third-order valence-corrected chi connectivity index (χ3v) is 4.34. The van der Waals surface area contributed by atoms with Crippen LogP contribution < -0.4 is 5.32 Å². The van der Waals surface area contributed by atoms with Gasteiger partial charge in [0.2, 0.25) is 5.91 Å². The van der Waals surface area contributed by atoms with E-state index in [0.29, 0.717) is 25.9 Å². The molecule has 0 aromatic rings. The summed E-state index contributed by atoms with van der Waals surface area (Å²) in [4.78, 5) is 27.4. The van der Waals surface area contributed by atoms with E-state index >= 15 is 0 Å². The van der Waals surface area contributed by atoms with Crippen LogP contribution in [0.1, 0.15) is 26.2 Å². The Balaban J connectivity index is 1.84. The molecule has 2 rings (SSSR count). The first-order valence-corrected chi connectivity index (χ1v) is 7.53. The molecule has 2 atom stereocenters. The normalized spacial score (nSPS) is 28.9. The number of carbonyl (C=O) groups is 2. The zero-order valence-electron chi connectivity index (χ0n) is 12.2. The lowest BCUT2D eigenvalue weighted by atomic mass is 9.91. The van der Waals surface area contributed by atoms with Crippen LogP contribution in [0.5, 0.6) is 0 Å². The van der Waals surface area contributed by atoms with Gasteiger partial charge in [0, 0.05) is 25.7 Å². The third-order valence-electron chi connectivity index (χ3n) is 4.34. The fourth-order valence-corrected chi connectivity index (χ4v) is 3.11. The van der Waals surface area contributed by atoms with E-state index in [4.69, 9.17) is 5.11 Å². The number of amides is 1. The molecule has 0 bridgehead atoms. The van der Waals surface area contributed by atoms with E-state index in [-0.39, 0.29) is 17.9 Å². The van der Waals surface area contributed by atoms with Crippen molar-refractivity contribution in [3.05, 3.63) is 0 Å². The molecule has 2 saturated heterocycles. The van der Waals surface area contributed by atoms with Crippen LogP contribution in [-0.4, -0.2) is 72.1 Å². The molecule has 6 heteroatoms. The first-order valence-electron chi connectivity index (χ1n) is 7.53. The summed E-state index contributed by atoms with van der Waals surface area (Å²) in [6.07, 6.45) is 2.22. The van der Waals surface area contributed by atoms with Crippen molar-refractivity contribution in [2.24, 2.45) is 5.92 Å². The van der Waals surface area contributed by atoms with Gasteiger partial charge in [0.15, 0.2) is 0 Å². The van der Waals surface area contributed by atoms with Crippen molar-refractivity contribution in [2.75, 3.05) is 39.3 Å². The van der Waals surface area contributed by atoms with Gasteiger partial charge in [-0.25, -0.2) is 0 Å². The molecule has 0 radical (unpaired) electrons. The number of carbonyl (C=O) groups excluding carboxylic acids is 1. The molecule has 2 aliphatic heterocycles. The van der Waals surface area contributed by atoms with E-state index in [9.17, 15) is 9.59 Å². The van der Waals surface area contributed by atoms with Gasteiger partial charge in [-0.15, -0.1) is 0 Å². The highest BCUT2D eigenvalue weighted by molar-refractivity contribution is 5.79. The summed E-state index contributed by atoms with van der Waals surface area (Å²) >= 11 is 0. The first-order chi connectivity index (χ1) is 9.58. The number of rotatable bonds is 3. The highest BCUT2D eigenvalue weighted by Gasteiger charge is 2.32. The standard InChI is InChI=1S/C14H25N3O3/c1-11-9-12(14(19)20)3-7-17(11)13(18)10-16-6-2-4-15-5-8-16/h11-12,15H,2-10H2,1H3,(H,19,20). The summed E-state index contributed by atoms with van der Waals surface area (Å²) < 4.78 is 0. The van der Waals surface area contributed by atoms with Crippen LogP contribution in [0.2, 0.25) is 0 Å². The quantitative estimate of drug-likeness (QED) is 0.762. The van der Waals surface area contributed by atoms with Crippen LogP contribution in [0.25, 0.3) is 0 Å². The molecule has 0 spiro atoms. The van der Waals surface area contributed by atoms with E-state index in [1.807, 2.05) is 11.8 Å². The van der Waals surface area contributed by atoms with E-state index in [1.165, 1.54) is 0 Å². The number of nitrogens with zero attached hydrogens (tertiary/aromatic N) is 2. The van der Waals surface area contributed by atoms with Crippen LogP contribution in [0.15, 0.2) is 0 Å². The minimum absolute atomic E-state index is 0.0300. The predicted octanol–water partition coefficient (Wildman–Crippen LogP) is -0.00660. The number of hydrogen-bond donors (Lipinski definition) is 2. The van der Waals surface area contributed by atoms with Crippen molar-refractivity contribution < 1.29 is 14.7 Å². The monoisotopic (exact) mass is 283 g/mol. The average Bonchev–Trinajstić information content (AvgIpc) is 2.67. The number of carboxylic acids is 1. The van der Waals surface area contributed by atoms with Gasteiger partial charge in [-0.2, -0.15) is 0 Å². The minimum Gasteiger partial charge on any atom is -0.481 e. The van der Waals surface area contributed by atoms with Crippen LogP contribution in [-0.2, 0) is 9.59 Å². The van der Waals surface area contributed by atoms with Gasteiger partial charge in [0.05, 0.1) is 12.5 Å². The van der Waals surface area contributed by atoms with Gasteiger partial charge in [-0.1, -0.05) is 0 Å². The molecule has 0 aliphatic carbocycles. The number of carboxylic acid groups (broad SMARTS) is 1. The summed E-state index contributed by atoms with van der Waals surface area (Å²) in [6, 6.07) is 0.0300. The minimum atomic E-state index is -0.734. The molecule has 2 N–H and O–H groups in total. The second-order valence-electron chi connectivity index (χ2n) is 5.88. The Bertz CT molecular complexity index is 354. The van der Waals surface area contributed by atoms with Gasteiger partial charge in [0.25, 0.3) is 0 Å². The van der Waals surface area contributed by atoms with Crippen molar-refractivity contribution >= 4 is 11.9 Å². The molecule has 114 valence electrons. The number of nitrogens with one attached hydrogen (secondary N) is 1. The fourth-order valence-electron chi connectivity index (χ4n) is 3.11. The Morgan fingerprint density at radius 2 is 2.05 bits per heavy atom. The lowest BCUT2D eigenvalue weighted by Crippen LogP contribution is -2.49. The summed E-state index contributed by atoms with van der Waals surface area (Å²) in [5.41, 5.74) is 0. The van der Waals surface area contributed by atoms with E-state index in [2.05, 4.69) is 10.2 Å². The van der Waals surface area contributed by atoms with E-state index < -0.39 is 5.97 Å². The lowest BCUT2D eigenvalue weighted by molar-refractivity contribution is -0.147. The fraction of sp³-hybridized carbons (Fsp3) is 0.857. The maximum Gasteiger partial charge on any atom is 0.306 e. The topological polar surface area (TPSA) is 72.9 Å². The third kappa shape index (κ3) is 3.93. The molecule has 1 amide bonds. The van der Waals surface area contributed by atoms with Crippen LogP contribution >= 0.6 is 0 Å². The Morgan fingerprint density at radius 3 is 2.75 bits per heavy atom. The molecule has 0 aromatic heterocycles. The molecule has 6 nitrogen and oxygen atoms in total. The van der Waals surface area contributed by atoms with Gasteiger partial charge in [0.1, 0.15) is 0 Å². The predicted molar refractivity (Wildman–Crippen MR) is 75.5 cm³/mol. The molecular weight excluding hydrogens is 258 g/mol. The van der Waals surface area contributed by atoms with E-state index in [0.717, 1.165) is 32.6 Å². The van der Waals surface area contributed by atoms with Crippen LogP contribution in [0.3, 0.4) is 0 Å². The smallest absolute Gasteiger partial charge is 0.306 e. The lowest BCUT2D eigenvalue weighted by Gasteiger charge is -2.37. The Morgan fingerprint density at radius 1 is 1.25 bits per heavy atom. The molecule has 2 heterocycles. The average molecular weight is 283 g/mol. The second-order valence-corrected chi connectivity index (χ2v) is 5.88. The summed E-state index contributed by atoms with van der Waals surface area (Å²) in [5, 5.41) is 12.4. The van der Waals surface area contributed by atoms with Crippen molar-refractivity contribution in [3.8, 4) is 0 Å². The van der Waals surface area contributed by atoms with Gasteiger partial charge in [-0.3, -0.25) is 14.5 Å². The molecule has 2 aliphatic rings. The van der Waals surface area contributed by atoms with Gasteiger partial charge in [-0.05, 0) is 39.3 Å². The maximum atomic E-state index is 12.4.